The van der Waals surface area contributed by atoms with Crippen LogP contribution in [-0.4, -0.2) is 13.0 Å². The molecule has 1 aromatic heterocycles. The zero-order valence-electron chi connectivity index (χ0n) is 15.0. The van der Waals surface area contributed by atoms with E-state index in [1.165, 1.54) is 6.08 Å². The summed E-state index contributed by atoms with van der Waals surface area (Å²) in [6.45, 7) is 1.89. The van der Waals surface area contributed by atoms with Gasteiger partial charge >= 0.3 is 0 Å². The van der Waals surface area contributed by atoms with Crippen LogP contribution in [0.5, 0.6) is 5.75 Å². The zero-order valence-corrected chi connectivity index (χ0v) is 15.0. The van der Waals surface area contributed by atoms with Crippen molar-refractivity contribution in [2.45, 2.75) is 6.92 Å². The molecule has 1 heterocycles. The Morgan fingerprint density at radius 2 is 1.85 bits per heavy atom. The van der Waals surface area contributed by atoms with Crippen molar-refractivity contribution in [1.29, 1.82) is 5.26 Å². The molecule has 0 aliphatic rings. The van der Waals surface area contributed by atoms with Gasteiger partial charge in [0.1, 0.15) is 28.9 Å². The van der Waals surface area contributed by atoms with E-state index in [-0.39, 0.29) is 5.57 Å². The summed E-state index contributed by atoms with van der Waals surface area (Å²) in [4.78, 5) is 12.4. The fourth-order valence-electron chi connectivity index (χ4n) is 2.53. The zero-order chi connectivity index (χ0) is 19.2. The number of aryl methyl sites for hydroxylation is 1. The van der Waals surface area contributed by atoms with Gasteiger partial charge in [0, 0.05) is 17.3 Å². The number of ether oxygens (including phenoxy) is 1. The molecule has 1 N–H and O–H groups in total. The summed E-state index contributed by atoms with van der Waals surface area (Å²) in [6, 6.07) is 20.3. The Bertz CT molecular complexity index is 1020. The summed E-state index contributed by atoms with van der Waals surface area (Å²) in [7, 11) is 1.61. The number of carbonyl (C=O) groups excluding carboxylic acids is 1. The van der Waals surface area contributed by atoms with Gasteiger partial charge in [0.05, 0.1) is 7.11 Å². The highest BCUT2D eigenvalue weighted by atomic mass is 16.5. The average molecular weight is 358 g/mol. The van der Waals surface area contributed by atoms with E-state index in [0.717, 1.165) is 16.9 Å². The lowest BCUT2D eigenvalue weighted by atomic mass is 10.1. The van der Waals surface area contributed by atoms with Gasteiger partial charge in [0.2, 0.25) is 0 Å². The van der Waals surface area contributed by atoms with Gasteiger partial charge in [-0.15, -0.1) is 0 Å². The largest absolute Gasteiger partial charge is 0.497 e. The van der Waals surface area contributed by atoms with Gasteiger partial charge in [0.25, 0.3) is 5.91 Å². The molecule has 5 heteroatoms. The highest BCUT2D eigenvalue weighted by molar-refractivity contribution is 6.09. The third-order valence-corrected chi connectivity index (χ3v) is 4.05. The quantitative estimate of drug-likeness (QED) is 0.525. The number of anilines is 1. The number of para-hydroxylation sites is 1. The maximum absolute atomic E-state index is 12.4. The first-order valence-corrected chi connectivity index (χ1v) is 8.34. The maximum Gasteiger partial charge on any atom is 0.266 e. The van der Waals surface area contributed by atoms with Crippen molar-refractivity contribution in [3.8, 4) is 23.1 Å². The van der Waals surface area contributed by atoms with E-state index in [4.69, 9.17) is 9.15 Å². The summed E-state index contributed by atoms with van der Waals surface area (Å²) in [5.41, 5.74) is 2.43. The molecule has 0 saturated heterocycles. The van der Waals surface area contributed by atoms with Gasteiger partial charge in [-0.25, -0.2) is 0 Å². The van der Waals surface area contributed by atoms with Crippen molar-refractivity contribution in [1.82, 2.24) is 0 Å². The number of nitrogens with zero attached hydrogens (tertiary/aromatic N) is 1. The van der Waals surface area contributed by atoms with E-state index in [1.54, 1.807) is 25.3 Å². The minimum atomic E-state index is -0.478. The summed E-state index contributed by atoms with van der Waals surface area (Å²) in [5, 5.41) is 12.1. The predicted octanol–water partition coefficient (Wildman–Crippen LogP) is 4.81. The summed E-state index contributed by atoms with van der Waals surface area (Å²) in [5.74, 6) is 1.34. The van der Waals surface area contributed by atoms with E-state index >= 15 is 0 Å². The molecule has 0 atom stereocenters. The van der Waals surface area contributed by atoms with Crippen molar-refractivity contribution in [2.24, 2.45) is 0 Å². The normalized spacial score (nSPS) is 10.9. The van der Waals surface area contributed by atoms with Crippen molar-refractivity contribution >= 4 is 17.7 Å². The van der Waals surface area contributed by atoms with Crippen LogP contribution >= 0.6 is 0 Å². The number of methoxy groups -OCH3 is 1. The Morgan fingerprint density at radius 3 is 2.52 bits per heavy atom. The summed E-state index contributed by atoms with van der Waals surface area (Å²) < 4.78 is 10.9. The van der Waals surface area contributed by atoms with Crippen LogP contribution in [0.15, 0.2) is 70.7 Å². The van der Waals surface area contributed by atoms with Crippen LogP contribution in [0, 0.1) is 18.3 Å². The Kier molecular flexibility index (Phi) is 5.38. The van der Waals surface area contributed by atoms with Crippen LogP contribution in [0.25, 0.3) is 17.4 Å². The van der Waals surface area contributed by atoms with E-state index in [1.807, 2.05) is 55.5 Å². The van der Waals surface area contributed by atoms with Gasteiger partial charge in [-0.05, 0) is 55.0 Å². The Labute approximate surface area is 157 Å². The monoisotopic (exact) mass is 358 g/mol. The van der Waals surface area contributed by atoms with Crippen LogP contribution < -0.4 is 10.1 Å². The van der Waals surface area contributed by atoms with E-state index in [9.17, 15) is 10.1 Å². The van der Waals surface area contributed by atoms with Gasteiger partial charge in [-0.1, -0.05) is 18.2 Å². The highest BCUT2D eigenvalue weighted by Crippen LogP contribution is 2.25. The highest BCUT2D eigenvalue weighted by Gasteiger charge is 2.12. The molecule has 0 spiro atoms. The lowest BCUT2D eigenvalue weighted by molar-refractivity contribution is -0.112. The minimum absolute atomic E-state index is 0.0334. The van der Waals surface area contributed by atoms with E-state index < -0.39 is 5.91 Å². The SMILES string of the molecule is COc1ccc(-c2ccc(/C=C(\C#N)C(=O)Nc3ccccc3C)o2)cc1. The van der Waals surface area contributed by atoms with E-state index in [2.05, 4.69) is 5.32 Å². The van der Waals surface area contributed by atoms with Gasteiger partial charge in [-0.2, -0.15) is 5.26 Å². The smallest absolute Gasteiger partial charge is 0.266 e. The van der Waals surface area contributed by atoms with Crippen molar-refractivity contribution in [2.75, 3.05) is 12.4 Å². The molecule has 27 heavy (non-hydrogen) atoms. The molecule has 0 saturated carbocycles. The lowest BCUT2D eigenvalue weighted by Gasteiger charge is -2.06. The fraction of sp³-hybridized carbons (Fsp3) is 0.0909. The number of rotatable bonds is 5. The maximum atomic E-state index is 12.4. The minimum Gasteiger partial charge on any atom is -0.497 e. The van der Waals surface area contributed by atoms with Gasteiger partial charge in [0.15, 0.2) is 0 Å². The number of hydrogen-bond donors (Lipinski definition) is 1. The molecule has 0 aliphatic carbocycles. The molecular weight excluding hydrogens is 340 g/mol. The van der Waals surface area contributed by atoms with Gasteiger partial charge < -0.3 is 14.5 Å². The molecule has 3 aromatic rings. The second-order valence-electron chi connectivity index (χ2n) is 5.87. The average Bonchev–Trinajstić information content (AvgIpc) is 3.16. The second-order valence-corrected chi connectivity index (χ2v) is 5.87. The first-order valence-electron chi connectivity index (χ1n) is 8.34. The number of nitriles is 1. The Morgan fingerprint density at radius 1 is 1.11 bits per heavy atom. The number of carbonyl (C=O) groups is 1. The third kappa shape index (κ3) is 4.25. The Hall–Kier alpha value is -3.78. The standard InChI is InChI=1S/C22H18N2O3/c1-15-5-3-4-6-20(15)24-22(25)17(14-23)13-19-11-12-21(27-19)16-7-9-18(26-2)10-8-16/h3-13H,1-2H3,(H,24,25)/b17-13+. The number of furan rings is 1. The molecule has 3 rings (SSSR count). The van der Waals surface area contributed by atoms with Crippen LogP contribution in [0.4, 0.5) is 5.69 Å². The molecule has 1 amide bonds. The van der Waals surface area contributed by atoms with Crippen LogP contribution in [0.3, 0.4) is 0 Å². The number of benzene rings is 2. The summed E-state index contributed by atoms with van der Waals surface area (Å²) >= 11 is 0. The molecule has 0 aliphatic heterocycles. The number of amides is 1. The van der Waals surface area contributed by atoms with Crippen molar-refractivity contribution in [3.63, 3.8) is 0 Å². The van der Waals surface area contributed by atoms with Crippen LogP contribution in [-0.2, 0) is 4.79 Å². The molecule has 0 fully saturated rings. The molecule has 0 bridgehead atoms. The topological polar surface area (TPSA) is 75.3 Å². The number of hydrogen-bond acceptors (Lipinski definition) is 4. The molecular formula is C22H18N2O3. The second kappa shape index (κ2) is 8.07. The van der Waals surface area contributed by atoms with Gasteiger partial charge in [-0.3, -0.25) is 4.79 Å². The van der Waals surface area contributed by atoms with Crippen LogP contribution in [0.1, 0.15) is 11.3 Å². The van der Waals surface area contributed by atoms with Crippen molar-refractivity contribution < 1.29 is 13.9 Å². The van der Waals surface area contributed by atoms with Crippen LogP contribution in [0.2, 0.25) is 0 Å². The first kappa shape index (κ1) is 18.0. The molecule has 2 aromatic carbocycles. The molecule has 0 radical (unpaired) electrons. The Balaban J connectivity index is 1.79. The predicted molar refractivity (Wildman–Crippen MR) is 104 cm³/mol. The third-order valence-electron chi connectivity index (χ3n) is 4.05. The summed E-state index contributed by atoms with van der Waals surface area (Å²) in [6.07, 6.45) is 1.43. The molecule has 134 valence electrons. The fourth-order valence-corrected chi connectivity index (χ4v) is 2.53. The lowest BCUT2D eigenvalue weighted by Crippen LogP contribution is -2.14. The number of nitrogens with one attached hydrogen (secondary N) is 1. The van der Waals surface area contributed by atoms with E-state index in [0.29, 0.717) is 17.2 Å². The van der Waals surface area contributed by atoms with Crippen molar-refractivity contribution in [3.05, 3.63) is 77.6 Å². The first-order chi connectivity index (χ1) is 13.1. The molecule has 0 unspecified atom stereocenters. The molecule has 5 nitrogen and oxygen atoms in total.